The minimum absolute atomic E-state index is 0.0303. The summed E-state index contributed by atoms with van der Waals surface area (Å²) < 4.78 is 43.6. The van der Waals surface area contributed by atoms with Gasteiger partial charge in [0.25, 0.3) is 0 Å². The SMILES string of the molecule is C=NC(=N/C=C\C)c1cc(C(=O)OC)ccc1C(F)(F)F. The fourth-order valence-corrected chi connectivity index (χ4v) is 1.56. The van der Waals surface area contributed by atoms with Gasteiger partial charge in [0, 0.05) is 11.8 Å². The summed E-state index contributed by atoms with van der Waals surface area (Å²) in [5.74, 6) is -0.981. The standard InChI is InChI=1S/C14H13F3N2O2/c1-4-7-19-12(18-2)10-8-9(13(20)21-3)5-6-11(10)14(15,16)17/h4-8H,2H2,1,3H3/b7-4-,19-12?. The van der Waals surface area contributed by atoms with Gasteiger partial charge >= 0.3 is 12.1 Å². The first-order chi connectivity index (χ1) is 9.85. The predicted octanol–water partition coefficient (Wildman–Crippen LogP) is 3.47. The van der Waals surface area contributed by atoms with E-state index in [2.05, 4.69) is 21.4 Å². The molecule has 0 saturated carbocycles. The van der Waals surface area contributed by atoms with Gasteiger partial charge in [-0.3, -0.25) is 0 Å². The summed E-state index contributed by atoms with van der Waals surface area (Å²) in [6.45, 7) is 4.86. The highest BCUT2D eigenvalue weighted by molar-refractivity contribution is 6.04. The molecule has 0 spiro atoms. The summed E-state index contributed by atoms with van der Waals surface area (Å²) >= 11 is 0. The van der Waals surface area contributed by atoms with Crippen LogP contribution in [0.3, 0.4) is 0 Å². The molecule has 0 N–H and O–H groups in total. The second-order valence-electron chi connectivity index (χ2n) is 3.84. The molecule has 4 nitrogen and oxygen atoms in total. The first kappa shape index (κ1) is 16.6. The number of hydrogen-bond donors (Lipinski definition) is 0. The van der Waals surface area contributed by atoms with Crippen molar-refractivity contribution in [2.45, 2.75) is 13.1 Å². The topological polar surface area (TPSA) is 51.0 Å². The van der Waals surface area contributed by atoms with Crippen molar-refractivity contribution < 1.29 is 22.7 Å². The minimum Gasteiger partial charge on any atom is -0.465 e. The zero-order valence-corrected chi connectivity index (χ0v) is 11.4. The van der Waals surface area contributed by atoms with Crippen LogP contribution in [-0.2, 0) is 10.9 Å². The van der Waals surface area contributed by atoms with E-state index in [1.165, 1.54) is 12.3 Å². The maximum Gasteiger partial charge on any atom is 0.417 e. The number of alkyl halides is 3. The van der Waals surface area contributed by atoms with Crippen molar-refractivity contribution in [2.24, 2.45) is 9.98 Å². The summed E-state index contributed by atoms with van der Waals surface area (Å²) in [4.78, 5) is 18.7. The van der Waals surface area contributed by atoms with Gasteiger partial charge in [0.1, 0.15) is 0 Å². The first-order valence-corrected chi connectivity index (χ1v) is 5.80. The van der Waals surface area contributed by atoms with Crippen LogP contribution in [0.5, 0.6) is 0 Å². The molecule has 0 heterocycles. The summed E-state index contributed by atoms with van der Waals surface area (Å²) in [6.07, 6.45) is -1.79. The van der Waals surface area contributed by atoms with E-state index in [-0.39, 0.29) is 17.0 Å². The van der Waals surface area contributed by atoms with Crippen LogP contribution in [0, 0.1) is 0 Å². The third-order valence-corrected chi connectivity index (χ3v) is 2.48. The van der Waals surface area contributed by atoms with Crippen LogP contribution in [0.25, 0.3) is 0 Å². The Morgan fingerprint density at radius 2 is 2.05 bits per heavy atom. The highest BCUT2D eigenvalue weighted by atomic mass is 19.4. The van der Waals surface area contributed by atoms with Gasteiger partial charge in [0.15, 0.2) is 5.84 Å². The number of methoxy groups -OCH3 is 1. The van der Waals surface area contributed by atoms with E-state index in [4.69, 9.17) is 0 Å². The summed E-state index contributed by atoms with van der Waals surface area (Å²) in [7, 11) is 1.14. The third-order valence-electron chi connectivity index (χ3n) is 2.48. The number of rotatable bonds is 3. The fourth-order valence-electron chi connectivity index (χ4n) is 1.56. The van der Waals surface area contributed by atoms with Crippen molar-refractivity contribution >= 4 is 18.5 Å². The molecular weight excluding hydrogens is 285 g/mol. The van der Waals surface area contributed by atoms with Gasteiger partial charge in [-0.2, -0.15) is 13.2 Å². The van der Waals surface area contributed by atoms with Crippen LogP contribution < -0.4 is 0 Å². The average molecular weight is 298 g/mol. The van der Waals surface area contributed by atoms with E-state index in [9.17, 15) is 18.0 Å². The number of aliphatic imine (C=N–C) groups is 2. The van der Waals surface area contributed by atoms with E-state index in [0.29, 0.717) is 0 Å². The molecule has 0 aliphatic heterocycles. The Bertz CT molecular complexity index is 605. The number of carbonyl (C=O) groups excluding carboxylic acids is 1. The Labute approximate surface area is 119 Å². The molecule has 21 heavy (non-hydrogen) atoms. The molecule has 0 bridgehead atoms. The molecule has 0 amide bonds. The summed E-state index contributed by atoms with van der Waals surface area (Å²) in [5, 5.41) is 0. The third kappa shape index (κ3) is 4.01. The van der Waals surface area contributed by atoms with E-state index < -0.39 is 17.7 Å². The largest absolute Gasteiger partial charge is 0.465 e. The number of ether oxygens (including phenoxy) is 1. The van der Waals surface area contributed by atoms with Crippen LogP contribution in [-0.4, -0.2) is 25.6 Å². The number of nitrogens with zero attached hydrogens (tertiary/aromatic N) is 2. The van der Waals surface area contributed by atoms with Crippen molar-refractivity contribution in [2.75, 3.05) is 7.11 Å². The van der Waals surface area contributed by atoms with Gasteiger partial charge in [0.05, 0.1) is 18.2 Å². The normalized spacial score (nSPS) is 12.5. The molecule has 0 radical (unpaired) electrons. The van der Waals surface area contributed by atoms with Gasteiger partial charge in [-0.05, 0) is 31.8 Å². The molecule has 1 aromatic rings. The van der Waals surface area contributed by atoms with E-state index >= 15 is 0 Å². The Morgan fingerprint density at radius 1 is 1.38 bits per heavy atom. The lowest BCUT2D eigenvalue weighted by Gasteiger charge is -2.13. The lowest BCUT2D eigenvalue weighted by Crippen LogP contribution is -2.14. The van der Waals surface area contributed by atoms with Crippen molar-refractivity contribution in [3.63, 3.8) is 0 Å². The van der Waals surface area contributed by atoms with E-state index in [1.54, 1.807) is 6.92 Å². The van der Waals surface area contributed by atoms with Gasteiger partial charge in [-0.25, -0.2) is 14.8 Å². The Morgan fingerprint density at radius 3 is 2.52 bits per heavy atom. The number of hydrogen-bond acceptors (Lipinski definition) is 3. The van der Waals surface area contributed by atoms with Crippen LogP contribution in [0.1, 0.15) is 28.4 Å². The van der Waals surface area contributed by atoms with Gasteiger partial charge < -0.3 is 4.74 Å². The number of amidine groups is 1. The maximum atomic E-state index is 13.0. The monoisotopic (exact) mass is 298 g/mol. The van der Waals surface area contributed by atoms with Gasteiger partial charge in [0.2, 0.25) is 0 Å². The Hall–Kier alpha value is -2.44. The first-order valence-electron chi connectivity index (χ1n) is 5.80. The molecule has 0 unspecified atom stereocenters. The zero-order chi connectivity index (χ0) is 16.0. The molecule has 0 aliphatic carbocycles. The van der Waals surface area contributed by atoms with Crippen LogP contribution in [0.2, 0.25) is 0 Å². The van der Waals surface area contributed by atoms with Crippen molar-refractivity contribution in [1.29, 1.82) is 0 Å². The van der Waals surface area contributed by atoms with Crippen molar-refractivity contribution in [1.82, 2.24) is 0 Å². The Kier molecular flexibility index (Phi) is 5.40. The minimum atomic E-state index is -4.61. The maximum absolute atomic E-state index is 13.0. The smallest absolute Gasteiger partial charge is 0.417 e. The number of benzene rings is 1. The molecule has 1 aromatic carbocycles. The molecular formula is C14H13F3N2O2. The zero-order valence-electron chi connectivity index (χ0n) is 11.4. The number of carbonyl (C=O) groups is 1. The molecule has 1 rings (SSSR count). The van der Waals surface area contributed by atoms with E-state index in [0.717, 1.165) is 25.3 Å². The van der Waals surface area contributed by atoms with Crippen LogP contribution in [0.15, 0.2) is 40.5 Å². The average Bonchev–Trinajstić information content (AvgIpc) is 2.46. The lowest BCUT2D eigenvalue weighted by molar-refractivity contribution is -0.137. The van der Waals surface area contributed by atoms with Crippen molar-refractivity contribution in [3.05, 3.63) is 47.2 Å². The predicted molar refractivity (Wildman–Crippen MR) is 73.7 cm³/mol. The molecule has 112 valence electrons. The number of esters is 1. The van der Waals surface area contributed by atoms with Gasteiger partial charge in [-0.1, -0.05) is 6.08 Å². The van der Waals surface area contributed by atoms with Gasteiger partial charge in [-0.15, -0.1) is 0 Å². The molecule has 0 atom stereocenters. The second kappa shape index (κ2) is 6.83. The molecule has 0 aliphatic rings. The molecule has 7 heteroatoms. The lowest BCUT2D eigenvalue weighted by atomic mass is 10.0. The quantitative estimate of drug-likeness (QED) is 0.487. The number of allylic oxidation sites excluding steroid dienone is 1. The fraction of sp³-hybridized carbons (Fsp3) is 0.214. The highest BCUT2D eigenvalue weighted by Crippen LogP contribution is 2.33. The van der Waals surface area contributed by atoms with Crippen LogP contribution >= 0.6 is 0 Å². The summed E-state index contributed by atoms with van der Waals surface area (Å²) in [6, 6.07) is 2.86. The summed E-state index contributed by atoms with van der Waals surface area (Å²) in [5.41, 5.74) is -1.32. The Balaban J connectivity index is 3.56. The van der Waals surface area contributed by atoms with E-state index in [1.807, 2.05) is 0 Å². The van der Waals surface area contributed by atoms with Crippen LogP contribution in [0.4, 0.5) is 13.2 Å². The molecule has 0 fully saturated rings. The molecule has 0 aromatic heterocycles. The van der Waals surface area contributed by atoms with Crippen molar-refractivity contribution in [3.8, 4) is 0 Å². The second-order valence-corrected chi connectivity index (χ2v) is 3.84. The molecule has 0 saturated heterocycles. The number of halogens is 3. The highest BCUT2D eigenvalue weighted by Gasteiger charge is 2.35.